The van der Waals surface area contributed by atoms with Crippen LogP contribution in [0, 0.1) is 0 Å². The number of rotatable bonds is 4. The summed E-state index contributed by atoms with van der Waals surface area (Å²) in [5.74, 6) is -0.0552. The van der Waals surface area contributed by atoms with Crippen LogP contribution in [-0.2, 0) is 13.0 Å². The predicted molar refractivity (Wildman–Crippen MR) is 66.9 cm³/mol. The number of amides is 1. The van der Waals surface area contributed by atoms with Crippen LogP contribution in [0.4, 0.5) is 0 Å². The van der Waals surface area contributed by atoms with Gasteiger partial charge < -0.3 is 5.32 Å². The topological polar surface area (TPSA) is 54.9 Å². The summed E-state index contributed by atoms with van der Waals surface area (Å²) in [5, 5.41) is 2.82. The number of hydrogen-bond donors (Lipinski definition) is 1. The standard InChI is InChI=1S/C12H13N3OS/c1-2-10-3-4-11(17-10)12(16)15-8-9-7-13-5-6-14-9/h3-7H,2,8H2,1H3,(H,15,16). The molecule has 0 aliphatic heterocycles. The van der Waals surface area contributed by atoms with Crippen molar-refractivity contribution >= 4 is 17.2 Å². The molecule has 2 aromatic heterocycles. The zero-order chi connectivity index (χ0) is 12.1. The second-order valence-corrected chi connectivity index (χ2v) is 4.67. The van der Waals surface area contributed by atoms with Gasteiger partial charge in [-0.1, -0.05) is 6.92 Å². The van der Waals surface area contributed by atoms with Gasteiger partial charge in [-0.05, 0) is 18.6 Å². The molecule has 0 spiro atoms. The Morgan fingerprint density at radius 1 is 1.41 bits per heavy atom. The van der Waals surface area contributed by atoms with Gasteiger partial charge in [-0.15, -0.1) is 11.3 Å². The largest absolute Gasteiger partial charge is 0.346 e. The maximum absolute atomic E-state index is 11.8. The molecule has 2 rings (SSSR count). The molecule has 1 N–H and O–H groups in total. The van der Waals surface area contributed by atoms with E-state index in [1.807, 2.05) is 12.1 Å². The Bertz CT molecular complexity index is 495. The number of thiophene rings is 1. The van der Waals surface area contributed by atoms with Crippen molar-refractivity contribution in [2.75, 3.05) is 0 Å². The first kappa shape index (κ1) is 11.7. The van der Waals surface area contributed by atoms with E-state index in [2.05, 4.69) is 22.2 Å². The van der Waals surface area contributed by atoms with Gasteiger partial charge in [0, 0.05) is 17.3 Å². The van der Waals surface area contributed by atoms with E-state index in [0.29, 0.717) is 6.54 Å². The van der Waals surface area contributed by atoms with Crippen molar-refractivity contribution in [2.45, 2.75) is 19.9 Å². The van der Waals surface area contributed by atoms with Crippen molar-refractivity contribution in [3.05, 3.63) is 46.2 Å². The first-order valence-electron chi connectivity index (χ1n) is 5.41. The number of carbonyl (C=O) groups is 1. The molecule has 5 heteroatoms. The Balaban J connectivity index is 1.93. The molecule has 0 saturated heterocycles. The van der Waals surface area contributed by atoms with Crippen molar-refractivity contribution in [1.29, 1.82) is 0 Å². The minimum absolute atomic E-state index is 0.0552. The highest BCUT2D eigenvalue weighted by molar-refractivity contribution is 7.14. The van der Waals surface area contributed by atoms with Crippen molar-refractivity contribution in [1.82, 2.24) is 15.3 Å². The van der Waals surface area contributed by atoms with Gasteiger partial charge in [-0.25, -0.2) is 0 Å². The van der Waals surface area contributed by atoms with Crippen LogP contribution in [0.1, 0.15) is 27.2 Å². The quantitative estimate of drug-likeness (QED) is 0.899. The summed E-state index contributed by atoms with van der Waals surface area (Å²) in [4.78, 5) is 21.8. The Hall–Kier alpha value is -1.75. The molecule has 0 radical (unpaired) electrons. The molecule has 0 saturated carbocycles. The van der Waals surface area contributed by atoms with Gasteiger partial charge in [0.25, 0.3) is 5.91 Å². The molecule has 0 fully saturated rings. The summed E-state index contributed by atoms with van der Waals surface area (Å²) in [5.41, 5.74) is 0.758. The minimum atomic E-state index is -0.0552. The molecule has 0 aliphatic rings. The molecule has 1 amide bonds. The average molecular weight is 247 g/mol. The fourth-order valence-electron chi connectivity index (χ4n) is 1.37. The molecule has 0 aromatic carbocycles. The highest BCUT2D eigenvalue weighted by Gasteiger charge is 2.08. The lowest BCUT2D eigenvalue weighted by atomic mass is 10.3. The average Bonchev–Trinajstić information content (AvgIpc) is 2.86. The van der Waals surface area contributed by atoms with Gasteiger partial charge in [-0.3, -0.25) is 14.8 Å². The third-order valence-corrected chi connectivity index (χ3v) is 3.51. The number of aryl methyl sites for hydroxylation is 1. The molecule has 17 heavy (non-hydrogen) atoms. The number of carbonyl (C=O) groups excluding carboxylic acids is 1. The van der Waals surface area contributed by atoms with Crippen molar-refractivity contribution in [3.8, 4) is 0 Å². The fourth-order valence-corrected chi connectivity index (χ4v) is 2.23. The smallest absolute Gasteiger partial charge is 0.261 e. The lowest BCUT2D eigenvalue weighted by molar-refractivity contribution is 0.0954. The van der Waals surface area contributed by atoms with Gasteiger partial charge in [0.15, 0.2) is 0 Å². The van der Waals surface area contributed by atoms with E-state index in [0.717, 1.165) is 17.0 Å². The van der Waals surface area contributed by atoms with Gasteiger partial charge in [0.1, 0.15) is 0 Å². The highest BCUT2D eigenvalue weighted by atomic mass is 32.1. The summed E-state index contributed by atoms with van der Waals surface area (Å²) in [6, 6.07) is 3.84. The number of nitrogens with zero attached hydrogens (tertiary/aromatic N) is 2. The Labute approximate surface area is 104 Å². The number of aromatic nitrogens is 2. The van der Waals surface area contributed by atoms with Crippen molar-refractivity contribution in [2.24, 2.45) is 0 Å². The lowest BCUT2D eigenvalue weighted by Crippen LogP contribution is -2.22. The second-order valence-electron chi connectivity index (χ2n) is 3.50. The number of hydrogen-bond acceptors (Lipinski definition) is 4. The van der Waals surface area contributed by atoms with Crippen LogP contribution in [-0.4, -0.2) is 15.9 Å². The predicted octanol–water partition coefficient (Wildman–Crippen LogP) is 2.03. The van der Waals surface area contributed by atoms with Gasteiger partial charge in [-0.2, -0.15) is 0 Å². The lowest BCUT2D eigenvalue weighted by Gasteiger charge is -2.01. The molecular formula is C12H13N3OS. The third-order valence-electron chi connectivity index (χ3n) is 2.28. The van der Waals surface area contributed by atoms with Crippen LogP contribution >= 0.6 is 11.3 Å². The zero-order valence-electron chi connectivity index (χ0n) is 9.51. The second kappa shape index (κ2) is 5.54. The number of nitrogens with one attached hydrogen (secondary N) is 1. The van der Waals surface area contributed by atoms with Crippen LogP contribution in [0.3, 0.4) is 0 Å². The van der Waals surface area contributed by atoms with Crippen molar-refractivity contribution < 1.29 is 4.79 Å². The monoisotopic (exact) mass is 247 g/mol. The highest BCUT2D eigenvalue weighted by Crippen LogP contribution is 2.16. The first-order valence-corrected chi connectivity index (χ1v) is 6.23. The zero-order valence-corrected chi connectivity index (χ0v) is 10.3. The third kappa shape index (κ3) is 3.10. The maximum atomic E-state index is 11.8. The van der Waals surface area contributed by atoms with E-state index < -0.39 is 0 Å². The fraction of sp³-hybridized carbons (Fsp3) is 0.250. The van der Waals surface area contributed by atoms with E-state index >= 15 is 0 Å². The molecule has 2 aromatic rings. The van der Waals surface area contributed by atoms with E-state index in [1.54, 1.807) is 18.6 Å². The normalized spacial score (nSPS) is 10.2. The Morgan fingerprint density at radius 3 is 2.94 bits per heavy atom. The van der Waals surface area contributed by atoms with E-state index in [9.17, 15) is 4.79 Å². The summed E-state index contributed by atoms with van der Waals surface area (Å²) >= 11 is 1.53. The van der Waals surface area contributed by atoms with Crippen molar-refractivity contribution in [3.63, 3.8) is 0 Å². The Kier molecular flexibility index (Phi) is 3.82. The van der Waals surface area contributed by atoms with Gasteiger partial charge in [0.2, 0.25) is 0 Å². The molecule has 2 heterocycles. The Morgan fingerprint density at radius 2 is 2.29 bits per heavy atom. The van der Waals surface area contributed by atoms with E-state index in [4.69, 9.17) is 0 Å². The molecule has 4 nitrogen and oxygen atoms in total. The van der Waals surface area contributed by atoms with Crippen LogP contribution in [0.2, 0.25) is 0 Å². The summed E-state index contributed by atoms with van der Waals surface area (Å²) < 4.78 is 0. The van der Waals surface area contributed by atoms with E-state index in [-0.39, 0.29) is 5.91 Å². The van der Waals surface area contributed by atoms with E-state index in [1.165, 1.54) is 16.2 Å². The van der Waals surface area contributed by atoms with Crippen LogP contribution < -0.4 is 5.32 Å². The summed E-state index contributed by atoms with van der Waals surface area (Å²) in [6.45, 7) is 2.49. The van der Waals surface area contributed by atoms with Crippen LogP contribution in [0.5, 0.6) is 0 Å². The maximum Gasteiger partial charge on any atom is 0.261 e. The molecular weight excluding hydrogens is 234 g/mol. The minimum Gasteiger partial charge on any atom is -0.346 e. The molecule has 88 valence electrons. The molecule has 0 unspecified atom stereocenters. The van der Waals surface area contributed by atoms with Crippen LogP contribution in [0.25, 0.3) is 0 Å². The SMILES string of the molecule is CCc1ccc(C(=O)NCc2cnccn2)s1. The summed E-state index contributed by atoms with van der Waals surface area (Å²) in [6.07, 6.45) is 5.83. The van der Waals surface area contributed by atoms with Gasteiger partial charge >= 0.3 is 0 Å². The molecule has 0 bridgehead atoms. The molecule has 0 aliphatic carbocycles. The van der Waals surface area contributed by atoms with Crippen LogP contribution in [0.15, 0.2) is 30.7 Å². The summed E-state index contributed by atoms with van der Waals surface area (Å²) in [7, 11) is 0. The first-order chi connectivity index (χ1) is 8.29. The van der Waals surface area contributed by atoms with Gasteiger partial charge in [0.05, 0.1) is 23.3 Å². The molecule has 0 atom stereocenters.